The van der Waals surface area contributed by atoms with Gasteiger partial charge in [-0.2, -0.15) is 0 Å². The average Bonchev–Trinajstić information content (AvgIpc) is 3.16. The Bertz CT molecular complexity index is 1090. The number of carbonyl (C=O) groups is 1. The molecule has 0 N–H and O–H groups in total. The first-order valence-corrected chi connectivity index (χ1v) is 10.4. The minimum atomic E-state index is 0.0497. The van der Waals surface area contributed by atoms with E-state index in [9.17, 15) is 4.79 Å². The van der Waals surface area contributed by atoms with Crippen molar-refractivity contribution in [2.75, 3.05) is 10.2 Å². The van der Waals surface area contributed by atoms with Crippen LogP contribution in [0, 0.1) is 0 Å². The van der Waals surface area contributed by atoms with E-state index in [1.165, 1.54) is 10.9 Å². The molecule has 1 amide bonds. The average molecular weight is 433 g/mol. The standard InChI is InChI=1S/C24H21BrN2O/c25-16-24(28)27(17-19-8-2-1-3-9-19)23-13-7-5-11-21(23)18-26-15-14-20-10-4-6-12-22(20)26/h1-15H,16-18H2. The maximum absolute atomic E-state index is 12.8. The Kier molecular flexibility index (Phi) is 5.58. The van der Waals surface area contributed by atoms with Gasteiger partial charge < -0.3 is 9.47 Å². The smallest absolute Gasteiger partial charge is 0.237 e. The summed E-state index contributed by atoms with van der Waals surface area (Å²) in [5.41, 5.74) is 4.37. The van der Waals surface area contributed by atoms with Gasteiger partial charge in [-0.15, -0.1) is 0 Å². The van der Waals surface area contributed by atoms with Crippen LogP contribution >= 0.6 is 15.9 Å². The molecule has 0 unspecified atom stereocenters. The highest BCUT2D eigenvalue weighted by Gasteiger charge is 2.18. The molecule has 1 aromatic heterocycles. The van der Waals surface area contributed by atoms with Crippen LogP contribution < -0.4 is 4.90 Å². The van der Waals surface area contributed by atoms with Gasteiger partial charge in [0.1, 0.15) is 0 Å². The first kappa shape index (κ1) is 18.5. The molecule has 0 fully saturated rings. The van der Waals surface area contributed by atoms with Gasteiger partial charge in [0.25, 0.3) is 0 Å². The highest BCUT2D eigenvalue weighted by atomic mass is 79.9. The highest BCUT2D eigenvalue weighted by molar-refractivity contribution is 9.09. The van der Waals surface area contributed by atoms with Gasteiger partial charge >= 0.3 is 0 Å². The van der Waals surface area contributed by atoms with Crippen LogP contribution in [0.1, 0.15) is 11.1 Å². The number of rotatable bonds is 6. The summed E-state index contributed by atoms with van der Waals surface area (Å²) in [4.78, 5) is 14.6. The summed E-state index contributed by atoms with van der Waals surface area (Å²) < 4.78 is 2.23. The van der Waals surface area contributed by atoms with Gasteiger partial charge in [-0.3, -0.25) is 4.79 Å². The number of aromatic nitrogens is 1. The molecular formula is C24H21BrN2O. The van der Waals surface area contributed by atoms with E-state index >= 15 is 0 Å². The highest BCUT2D eigenvalue weighted by Crippen LogP contribution is 2.26. The summed E-state index contributed by atoms with van der Waals surface area (Å²) in [7, 11) is 0. The number of nitrogens with zero attached hydrogens (tertiary/aromatic N) is 2. The molecule has 4 aromatic rings. The largest absolute Gasteiger partial charge is 0.343 e. The molecule has 0 bridgehead atoms. The third-order valence-electron chi connectivity index (χ3n) is 4.90. The molecule has 28 heavy (non-hydrogen) atoms. The fraction of sp³-hybridized carbons (Fsp3) is 0.125. The number of benzene rings is 3. The first-order chi connectivity index (χ1) is 13.8. The Labute approximate surface area is 173 Å². The van der Waals surface area contributed by atoms with Crippen LogP contribution in [0.25, 0.3) is 10.9 Å². The first-order valence-electron chi connectivity index (χ1n) is 9.28. The van der Waals surface area contributed by atoms with Crippen LogP contribution in [0.5, 0.6) is 0 Å². The molecular weight excluding hydrogens is 412 g/mol. The second kappa shape index (κ2) is 8.44. The van der Waals surface area contributed by atoms with E-state index in [0.717, 1.165) is 16.8 Å². The Morgan fingerprint density at radius 3 is 2.39 bits per heavy atom. The van der Waals surface area contributed by atoms with Crippen LogP contribution in [-0.2, 0) is 17.9 Å². The van der Waals surface area contributed by atoms with Gasteiger partial charge in [-0.1, -0.05) is 82.7 Å². The van der Waals surface area contributed by atoms with Crippen molar-refractivity contribution >= 4 is 38.4 Å². The number of halogens is 1. The van der Waals surface area contributed by atoms with E-state index < -0.39 is 0 Å². The van der Waals surface area contributed by atoms with Crippen molar-refractivity contribution in [3.05, 3.63) is 102 Å². The topological polar surface area (TPSA) is 25.2 Å². The lowest BCUT2D eigenvalue weighted by atomic mass is 10.1. The number of anilines is 1. The van der Waals surface area contributed by atoms with E-state index in [1.807, 2.05) is 41.3 Å². The molecule has 0 aliphatic rings. The quantitative estimate of drug-likeness (QED) is 0.363. The summed E-state index contributed by atoms with van der Waals surface area (Å²) in [6.45, 7) is 1.26. The number of fused-ring (bicyclic) bond motifs is 1. The molecule has 0 atom stereocenters. The normalized spacial score (nSPS) is 10.9. The second-order valence-corrected chi connectivity index (χ2v) is 7.29. The lowest BCUT2D eigenvalue weighted by Gasteiger charge is -2.25. The Balaban J connectivity index is 1.71. The van der Waals surface area contributed by atoms with E-state index in [4.69, 9.17) is 0 Å². The molecule has 3 aromatic carbocycles. The van der Waals surface area contributed by atoms with Crippen molar-refractivity contribution in [3.8, 4) is 0 Å². The molecule has 0 saturated heterocycles. The molecule has 0 saturated carbocycles. The predicted molar refractivity (Wildman–Crippen MR) is 119 cm³/mol. The summed E-state index contributed by atoms with van der Waals surface area (Å²) >= 11 is 3.35. The van der Waals surface area contributed by atoms with E-state index in [1.54, 1.807) is 0 Å². The van der Waals surface area contributed by atoms with Gasteiger partial charge in [0, 0.05) is 23.9 Å². The number of amides is 1. The third-order valence-corrected chi connectivity index (χ3v) is 5.38. The third kappa shape index (κ3) is 3.87. The van der Waals surface area contributed by atoms with Crippen LogP contribution in [0.4, 0.5) is 5.69 Å². The van der Waals surface area contributed by atoms with Gasteiger partial charge in [-0.25, -0.2) is 0 Å². The van der Waals surface area contributed by atoms with Crippen LogP contribution in [0.2, 0.25) is 0 Å². The molecule has 4 rings (SSSR count). The lowest BCUT2D eigenvalue weighted by Crippen LogP contribution is -2.32. The molecule has 1 heterocycles. The Morgan fingerprint density at radius 1 is 0.857 bits per heavy atom. The molecule has 0 aliphatic heterocycles. The molecule has 4 heteroatoms. The molecule has 0 radical (unpaired) electrons. The van der Waals surface area contributed by atoms with Crippen LogP contribution in [0.3, 0.4) is 0 Å². The Hall–Kier alpha value is -2.85. The lowest BCUT2D eigenvalue weighted by molar-refractivity contribution is -0.116. The van der Waals surface area contributed by atoms with E-state index in [2.05, 4.69) is 75.2 Å². The fourth-order valence-corrected chi connectivity index (χ4v) is 3.82. The van der Waals surface area contributed by atoms with Gasteiger partial charge in [0.15, 0.2) is 0 Å². The van der Waals surface area contributed by atoms with Crippen molar-refractivity contribution in [3.63, 3.8) is 0 Å². The molecule has 140 valence electrons. The summed E-state index contributed by atoms with van der Waals surface area (Å²) in [6.07, 6.45) is 2.11. The summed E-state index contributed by atoms with van der Waals surface area (Å²) in [6, 6.07) is 28.7. The van der Waals surface area contributed by atoms with Crippen molar-refractivity contribution < 1.29 is 4.79 Å². The maximum atomic E-state index is 12.8. The van der Waals surface area contributed by atoms with Crippen LogP contribution in [0.15, 0.2) is 91.1 Å². The molecule has 0 spiro atoms. The zero-order chi connectivity index (χ0) is 19.3. The van der Waals surface area contributed by atoms with Crippen molar-refractivity contribution in [1.29, 1.82) is 0 Å². The number of alkyl halides is 1. The number of hydrogen-bond donors (Lipinski definition) is 0. The molecule has 3 nitrogen and oxygen atoms in total. The SMILES string of the molecule is O=C(CBr)N(Cc1ccccc1)c1ccccc1Cn1ccc2ccccc21. The Morgan fingerprint density at radius 2 is 1.57 bits per heavy atom. The van der Waals surface area contributed by atoms with E-state index in [-0.39, 0.29) is 5.91 Å². The van der Waals surface area contributed by atoms with Gasteiger partial charge in [0.05, 0.1) is 11.9 Å². The number of carbonyl (C=O) groups excluding carboxylic acids is 1. The maximum Gasteiger partial charge on any atom is 0.237 e. The monoisotopic (exact) mass is 432 g/mol. The number of para-hydroxylation sites is 2. The van der Waals surface area contributed by atoms with E-state index in [0.29, 0.717) is 18.4 Å². The zero-order valence-electron chi connectivity index (χ0n) is 15.5. The van der Waals surface area contributed by atoms with Crippen LogP contribution in [-0.4, -0.2) is 15.8 Å². The summed E-state index contributed by atoms with van der Waals surface area (Å²) in [5, 5.41) is 1.51. The summed E-state index contributed by atoms with van der Waals surface area (Å²) in [5.74, 6) is 0.0497. The predicted octanol–water partition coefficient (Wildman–Crippen LogP) is 5.62. The van der Waals surface area contributed by atoms with Gasteiger partial charge in [0.2, 0.25) is 5.91 Å². The zero-order valence-corrected chi connectivity index (χ0v) is 17.0. The van der Waals surface area contributed by atoms with Gasteiger partial charge in [-0.05, 0) is 34.7 Å². The van der Waals surface area contributed by atoms with Crippen molar-refractivity contribution in [2.45, 2.75) is 13.1 Å². The van der Waals surface area contributed by atoms with Crippen molar-refractivity contribution in [2.24, 2.45) is 0 Å². The fourth-order valence-electron chi connectivity index (χ4n) is 3.52. The minimum Gasteiger partial charge on any atom is -0.343 e. The second-order valence-electron chi connectivity index (χ2n) is 6.73. The number of hydrogen-bond acceptors (Lipinski definition) is 1. The molecule has 0 aliphatic carbocycles. The minimum absolute atomic E-state index is 0.0497. The van der Waals surface area contributed by atoms with Crippen molar-refractivity contribution in [1.82, 2.24) is 4.57 Å².